The maximum absolute atomic E-state index is 10.00. The molecule has 1 aromatic heterocycles. The van der Waals surface area contributed by atoms with E-state index in [0.717, 1.165) is 22.6 Å². The number of para-hydroxylation sites is 1. The Morgan fingerprint density at radius 1 is 1.35 bits per heavy atom. The van der Waals surface area contributed by atoms with E-state index in [9.17, 15) is 5.11 Å². The summed E-state index contributed by atoms with van der Waals surface area (Å²) in [4.78, 5) is 0. The van der Waals surface area contributed by atoms with E-state index >= 15 is 0 Å². The normalized spacial score (nSPS) is 11.1. The molecule has 0 unspecified atom stereocenters. The highest BCUT2D eigenvalue weighted by molar-refractivity contribution is 9.10. The number of hydrogen-bond acceptors (Lipinski definition) is 3. The summed E-state index contributed by atoms with van der Waals surface area (Å²) >= 11 is 3.33. The highest BCUT2D eigenvalue weighted by atomic mass is 79.9. The van der Waals surface area contributed by atoms with Gasteiger partial charge in [0.15, 0.2) is 0 Å². The number of aryl methyl sites for hydroxylation is 1. The molecule has 2 N–H and O–H groups in total. The minimum absolute atomic E-state index is 0.284. The first-order valence-corrected chi connectivity index (χ1v) is 7.47. The Kier molecular flexibility index (Phi) is 4.38. The van der Waals surface area contributed by atoms with Crippen LogP contribution in [0.1, 0.15) is 36.8 Å². The summed E-state index contributed by atoms with van der Waals surface area (Å²) < 4.78 is 2.72. The van der Waals surface area contributed by atoms with Crippen LogP contribution in [-0.4, -0.2) is 14.9 Å². The molecule has 20 heavy (non-hydrogen) atoms. The summed E-state index contributed by atoms with van der Waals surface area (Å²) in [5, 5.41) is 17.9. The van der Waals surface area contributed by atoms with E-state index in [0.29, 0.717) is 17.1 Å². The van der Waals surface area contributed by atoms with Gasteiger partial charge in [-0.3, -0.25) is 4.68 Å². The second kappa shape index (κ2) is 5.87. The van der Waals surface area contributed by atoms with Gasteiger partial charge in [-0.2, -0.15) is 5.10 Å². The molecule has 0 bridgehead atoms. The molecule has 108 valence electrons. The van der Waals surface area contributed by atoms with Crippen molar-refractivity contribution in [3.05, 3.63) is 39.6 Å². The van der Waals surface area contributed by atoms with E-state index in [4.69, 9.17) is 0 Å². The van der Waals surface area contributed by atoms with Gasteiger partial charge in [-0.25, -0.2) is 0 Å². The Hall–Kier alpha value is -1.49. The number of hydrogen-bond donors (Lipinski definition) is 2. The van der Waals surface area contributed by atoms with Crippen molar-refractivity contribution in [3.63, 3.8) is 0 Å². The van der Waals surface area contributed by atoms with E-state index in [-0.39, 0.29) is 5.75 Å². The second-order valence-corrected chi connectivity index (χ2v) is 6.04. The molecule has 0 amide bonds. The molecule has 0 fully saturated rings. The molecule has 4 nitrogen and oxygen atoms in total. The minimum atomic E-state index is 0.284. The molecule has 5 heteroatoms. The van der Waals surface area contributed by atoms with Crippen molar-refractivity contribution in [1.82, 2.24) is 9.78 Å². The third kappa shape index (κ3) is 2.82. The smallest absolute Gasteiger partial charge is 0.134 e. The first-order chi connectivity index (χ1) is 9.41. The number of phenolic OH excluding ortho intramolecular Hbond substituents is 1. The highest BCUT2D eigenvalue weighted by Crippen LogP contribution is 2.29. The molecule has 0 saturated heterocycles. The first-order valence-electron chi connectivity index (χ1n) is 6.67. The zero-order valence-electron chi connectivity index (χ0n) is 12.2. The number of phenols is 1. The largest absolute Gasteiger partial charge is 0.506 e. The molecule has 0 spiro atoms. The Balaban J connectivity index is 2.21. The summed E-state index contributed by atoms with van der Waals surface area (Å²) in [6, 6.07) is 5.98. The first kappa shape index (κ1) is 14.9. The molecule has 0 aliphatic rings. The summed E-state index contributed by atoms with van der Waals surface area (Å²) in [5.41, 5.74) is 3.99. The van der Waals surface area contributed by atoms with Crippen LogP contribution in [0.15, 0.2) is 22.7 Å². The standard InChI is InChI=1S/C15H20BrN3O/c1-9(2)19-11(4)14(10(3)18-19)17-8-12-6-5-7-13(16)15(12)20/h5-7,9,17,20H,8H2,1-4H3. The number of halogens is 1. The van der Waals surface area contributed by atoms with Crippen molar-refractivity contribution < 1.29 is 5.11 Å². The van der Waals surface area contributed by atoms with Gasteiger partial charge < -0.3 is 10.4 Å². The minimum Gasteiger partial charge on any atom is -0.506 e. The maximum atomic E-state index is 10.00. The molecular formula is C15H20BrN3O. The van der Waals surface area contributed by atoms with Crippen LogP contribution in [0, 0.1) is 13.8 Å². The van der Waals surface area contributed by atoms with Crippen molar-refractivity contribution >= 4 is 21.6 Å². The summed E-state index contributed by atoms with van der Waals surface area (Å²) in [6.07, 6.45) is 0. The number of aromatic nitrogens is 2. The Morgan fingerprint density at radius 2 is 2.05 bits per heavy atom. The van der Waals surface area contributed by atoms with Gasteiger partial charge in [-0.05, 0) is 49.7 Å². The fraction of sp³-hybridized carbons (Fsp3) is 0.400. The predicted octanol–water partition coefficient (Wildman–Crippen LogP) is 4.16. The zero-order valence-corrected chi connectivity index (χ0v) is 13.8. The van der Waals surface area contributed by atoms with Crippen LogP contribution >= 0.6 is 15.9 Å². The van der Waals surface area contributed by atoms with Crippen LogP contribution in [0.2, 0.25) is 0 Å². The molecule has 2 aromatic rings. The third-order valence-electron chi connectivity index (χ3n) is 3.34. The van der Waals surface area contributed by atoms with E-state index in [2.05, 4.69) is 47.1 Å². The zero-order chi connectivity index (χ0) is 14.9. The quantitative estimate of drug-likeness (QED) is 0.880. The molecule has 0 atom stereocenters. The van der Waals surface area contributed by atoms with Crippen LogP contribution < -0.4 is 5.32 Å². The van der Waals surface area contributed by atoms with Crippen molar-refractivity contribution in [2.75, 3.05) is 5.32 Å². The monoisotopic (exact) mass is 337 g/mol. The van der Waals surface area contributed by atoms with Crippen molar-refractivity contribution in [1.29, 1.82) is 0 Å². The van der Waals surface area contributed by atoms with Gasteiger partial charge in [0.05, 0.1) is 21.5 Å². The van der Waals surface area contributed by atoms with Gasteiger partial charge in [0.1, 0.15) is 5.75 Å². The van der Waals surface area contributed by atoms with E-state index in [1.807, 2.05) is 29.8 Å². The molecule has 0 aliphatic heterocycles. The SMILES string of the molecule is Cc1nn(C(C)C)c(C)c1NCc1cccc(Br)c1O. The van der Waals surface area contributed by atoms with E-state index in [1.54, 1.807) is 0 Å². The summed E-state index contributed by atoms with van der Waals surface area (Å²) in [7, 11) is 0. The molecule has 1 aromatic carbocycles. The molecule has 1 heterocycles. The van der Waals surface area contributed by atoms with Crippen LogP contribution in [0.4, 0.5) is 5.69 Å². The van der Waals surface area contributed by atoms with Crippen molar-refractivity contribution in [2.45, 2.75) is 40.3 Å². The number of nitrogens with one attached hydrogen (secondary N) is 1. The molecule has 0 aliphatic carbocycles. The molecule has 0 saturated carbocycles. The lowest BCUT2D eigenvalue weighted by Crippen LogP contribution is -2.06. The number of nitrogens with zero attached hydrogens (tertiary/aromatic N) is 2. The topological polar surface area (TPSA) is 50.1 Å². The highest BCUT2D eigenvalue weighted by Gasteiger charge is 2.13. The van der Waals surface area contributed by atoms with Gasteiger partial charge in [-0.15, -0.1) is 0 Å². The number of aromatic hydroxyl groups is 1. The Labute approximate surface area is 127 Å². The average molecular weight is 338 g/mol. The fourth-order valence-corrected chi connectivity index (χ4v) is 2.72. The van der Waals surface area contributed by atoms with Gasteiger partial charge in [-0.1, -0.05) is 12.1 Å². The second-order valence-electron chi connectivity index (χ2n) is 5.19. The van der Waals surface area contributed by atoms with Gasteiger partial charge in [0.2, 0.25) is 0 Å². The Bertz CT molecular complexity index is 620. The van der Waals surface area contributed by atoms with Crippen LogP contribution in [0.3, 0.4) is 0 Å². The average Bonchev–Trinajstić information content (AvgIpc) is 2.67. The van der Waals surface area contributed by atoms with Gasteiger partial charge in [0, 0.05) is 18.2 Å². The summed E-state index contributed by atoms with van der Waals surface area (Å²) in [6.45, 7) is 8.85. The lowest BCUT2D eigenvalue weighted by molar-refractivity contribution is 0.465. The Morgan fingerprint density at radius 3 is 2.65 bits per heavy atom. The lowest BCUT2D eigenvalue weighted by Gasteiger charge is -2.11. The molecular weight excluding hydrogens is 318 g/mol. The van der Waals surface area contributed by atoms with Crippen LogP contribution in [0.5, 0.6) is 5.75 Å². The van der Waals surface area contributed by atoms with Crippen LogP contribution in [0.25, 0.3) is 0 Å². The number of anilines is 1. The fourth-order valence-electron chi connectivity index (χ4n) is 2.31. The van der Waals surface area contributed by atoms with Gasteiger partial charge in [0.25, 0.3) is 0 Å². The van der Waals surface area contributed by atoms with Crippen LogP contribution in [-0.2, 0) is 6.54 Å². The predicted molar refractivity (Wildman–Crippen MR) is 85.2 cm³/mol. The maximum Gasteiger partial charge on any atom is 0.134 e. The van der Waals surface area contributed by atoms with Crippen molar-refractivity contribution in [3.8, 4) is 5.75 Å². The summed E-state index contributed by atoms with van der Waals surface area (Å²) in [5.74, 6) is 0.284. The van der Waals surface area contributed by atoms with Gasteiger partial charge >= 0.3 is 0 Å². The number of benzene rings is 1. The van der Waals surface area contributed by atoms with E-state index < -0.39 is 0 Å². The molecule has 2 rings (SSSR count). The lowest BCUT2D eigenvalue weighted by atomic mass is 10.2. The molecule has 0 radical (unpaired) electrons. The van der Waals surface area contributed by atoms with E-state index in [1.165, 1.54) is 0 Å². The number of rotatable bonds is 4. The third-order valence-corrected chi connectivity index (χ3v) is 3.98. The van der Waals surface area contributed by atoms with Crippen molar-refractivity contribution in [2.24, 2.45) is 0 Å².